The summed E-state index contributed by atoms with van der Waals surface area (Å²) in [4.78, 5) is 18.8. The van der Waals surface area contributed by atoms with Gasteiger partial charge >= 0.3 is 0 Å². The van der Waals surface area contributed by atoms with Crippen molar-refractivity contribution in [3.05, 3.63) is 52.0 Å². The Bertz CT molecular complexity index is 1050. The second-order valence-electron chi connectivity index (χ2n) is 6.60. The molecule has 0 fully saturated rings. The van der Waals surface area contributed by atoms with Crippen LogP contribution in [0, 0.1) is 5.82 Å². The van der Waals surface area contributed by atoms with Gasteiger partial charge in [-0.25, -0.2) is 13.9 Å². The lowest BCUT2D eigenvalue weighted by Crippen LogP contribution is -2.34. The van der Waals surface area contributed by atoms with E-state index in [1.807, 2.05) is 30.9 Å². The highest BCUT2D eigenvalue weighted by molar-refractivity contribution is 9.10. The Morgan fingerprint density at radius 2 is 2.18 bits per heavy atom. The van der Waals surface area contributed by atoms with Crippen LogP contribution in [0.25, 0.3) is 5.65 Å². The van der Waals surface area contributed by atoms with Gasteiger partial charge in [-0.05, 0) is 54.0 Å². The molecule has 1 aliphatic heterocycles. The second-order valence-corrected chi connectivity index (χ2v) is 7.39. The summed E-state index contributed by atoms with van der Waals surface area (Å²) in [5.74, 6) is 0.575. The van der Waals surface area contributed by atoms with E-state index in [-0.39, 0.29) is 24.4 Å². The molecule has 3 aromatic rings. The minimum Gasteiger partial charge on any atom is -0.488 e. The molecule has 4 rings (SSSR count). The van der Waals surface area contributed by atoms with Gasteiger partial charge in [0.15, 0.2) is 11.3 Å². The van der Waals surface area contributed by atoms with Gasteiger partial charge < -0.3 is 15.0 Å². The molecule has 146 valence electrons. The van der Waals surface area contributed by atoms with Gasteiger partial charge in [-0.15, -0.1) is 5.10 Å². The fourth-order valence-electron chi connectivity index (χ4n) is 3.15. The molecule has 0 aliphatic carbocycles. The zero-order chi connectivity index (χ0) is 19.8. The molecule has 0 saturated carbocycles. The van der Waals surface area contributed by atoms with Crippen molar-refractivity contribution >= 4 is 33.3 Å². The molecule has 9 heteroatoms. The molecular formula is C19H19BrFN5O2. The van der Waals surface area contributed by atoms with Crippen LogP contribution in [-0.4, -0.2) is 39.7 Å². The van der Waals surface area contributed by atoms with Crippen LogP contribution in [-0.2, 0) is 6.54 Å². The van der Waals surface area contributed by atoms with Crippen LogP contribution < -0.4 is 15.0 Å². The molecule has 0 unspecified atom stereocenters. The molecule has 0 spiro atoms. The molecule has 2 bridgehead atoms. The number of ether oxygens (including phenoxy) is 1. The summed E-state index contributed by atoms with van der Waals surface area (Å²) >= 11 is 3.36. The maximum absolute atomic E-state index is 14.2. The highest BCUT2D eigenvalue weighted by Gasteiger charge is 2.21. The van der Waals surface area contributed by atoms with Crippen molar-refractivity contribution in [3.63, 3.8) is 0 Å². The molecule has 1 N–H and O–H groups in total. The summed E-state index contributed by atoms with van der Waals surface area (Å²) in [5.41, 5.74) is 1.62. The van der Waals surface area contributed by atoms with Crippen molar-refractivity contribution in [1.82, 2.24) is 19.9 Å². The van der Waals surface area contributed by atoms with Crippen molar-refractivity contribution in [3.8, 4) is 5.75 Å². The van der Waals surface area contributed by atoms with E-state index in [1.165, 1.54) is 16.8 Å². The van der Waals surface area contributed by atoms with Crippen LogP contribution in [0.3, 0.4) is 0 Å². The number of carbonyl (C=O) groups excluding carboxylic acids is 1. The molecule has 7 nitrogen and oxygen atoms in total. The third-order valence-electron chi connectivity index (χ3n) is 4.67. The number of nitrogens with zero attached hydrogens (tertiary/aromatic N) is 4. The third-order valence-corrected chi connectivity index (χ3v) is 5.52. The molecule has 0 saturated heterocycles. The van der Waals surface area contributed by atoms with E-state index >= 15 is 0 Å². The van der Waals surface area contributed by atoms with E-state index in [0.29, 0.717) is 46.0 Å². The average Bonchev–Trinajstić information content (AvgIpc) is 3.11. The summed E-state index contributed by atoms with van der Waals surface area (Å²) < 4.78 is 22.1. The number of anilines is 1. The molecular weight excluding hydrogens is 429 g/mol. The first-order valence-electron chi connectivity index (χ1n) is 8.99. The Morgan fingerprint density at radius 3 is 2.96 bits per heavy atom. The lowest BCUT2D eigenvalue weighted by Gasteiger charge is -2.25. The predicted molar refractivity (Wildman–Crippen MR) is 106 cm³/mol. The van der Waals surface area contributed by atoms with Gasteiger partial charge in [0.25, 0.3) is 5.91 Å². The lowest BCUT2D eigenvalue weighted by molar-refractivity contribution is 0.0925. The summed E-state index contributed by atoms with van der Waals surface area (Å²) in [6.45, 7) is 5.15. The first-order valence-corrected chi connectivity index (χ1v) is 9.78. The number of nitrogens with one attached hydrogen (secondary N) is 1. The van der Waals surface area contributed by atoms with Gasteiger partial charge in [-0.2, -0.15) is 0 Å². The van der Waals surface area contributed by atoms with Crippen LogP contribution in [0.5, 0.6) is 5.75 Å². The SMILES string of the molecule is CCN1Cc2c(ccc(F)c2Br)O[C@H](C)CNC(=O)c2cnc3ccc1nn23. The number of halogens is 2. The van der Waals surface area contributed by atoms with Gasteiger partial charge in [0.05, 0.1) is 17.2 Å². The molecule has 2 aromatic heterocycles. The third kappa shape index (κ3) is 3.30. The maximum atomic E-state index is 14.2. The van der Waals surface area contributed by atoms with Gasteiger partial charge in [0.2, 0.25) is 0 Å². The van der Waals surface area contributed by atoms with Crippen LogP contribution in [0.15, 0.2) is 34.9 Å². The number of hydrogen-bond donors (Lipinski definition) is 1. The van der Waals surface area contributed by atoms with Crippen molar-refractivity contribution in [2.45, 2.75) is 26.5 Å². The van der Waals surface area contributed by atoms with Gasteiger partial charge in [-0.3, -0.25) is 4.79 Å². The van der Waals surface area contributed by atoms with E-state index in [9.17, 15) is 9.18 Å². The average molecular weight is 448 g/mol. The highest BCUT2D eigenvalue weighted by atomic mass is 79.9. The Balaban J connectivity index is 1.87. The summed E-state index contributed by atoms with van der Waals surface area (Å²) in [6.07, 6.45) is 1.19. The smallest absolute Gasteiger partial charge is 0.271 e. The van der Waals surface area contributed by atoms with E-state index < -0.39 is 0 Å². The largest absolute Gasteiger partial charge is 0.488 e. The Kier molecular flexibility index (Phi) is 4.92. The minimum atomic E-state index is -0.357. The van der Waals surface area contributed by atoms with Crippen molar-refractivity contribution < 1.29 is 13.9 Å². The molecule has 28 heavy (non-hydrogen) atoms. The first kappa shape index (κ1) is 18.7. The van der Waals surface area contributed by atoms with Gasteiger partial charge in [0, 0.05) is 18.7 Å². The van der Waals surface area contributed by atoms with Gasteiger partial charge in [-0.1, -0.05) is 0 Å². The van der Waals surface area contributed by atoms with Crippen molar-refractivity contribution in [2.75, 3.05) is 18.0 Å². The first-order chi connectivity index (χ1) is 13.5. The Hall–Kier alpha value is -2.68. The number of aromatic nitrogens is 3. The van der Waals surface area contributed by atoms with E-state index in [0.717, 1.165) is 0 Å². The zero-order valence-electron chi connectivity index (χ0n) is 15.4. The number of fused-ring (bicyclic) bond motifs is 2. The van der Waals surface area contributed by atoms with Crippen LogP contribution >= 0.6 is 15.9 Å². The van der Waals surface area contributed by atoms with Crippen LogP contribution in [0.2, 0.25) is 0 Å². The molecule has 1 aliphatic rings. The Labute approximate surface area is 169 Å². The van der Waals surface area contributed by atoms with Crippen molar-refractivity contribution in [2.24, 2.45) is 0 Å². The highest BCUT2D eigenvalue weighted by Crippen LogP contribution is 2.32. The summed E-state index contributed by atoms with van der Waals surface area (Å²) in [7, 11) is 0. The summed E-state index contributed by atoms with van der Waals surface area (Å²) in [5, 5.41) is 7.44. The number of rotatable bonds is 1. The number of hydrogen-bond acceptors (Lipinski definition) is 5. The van der Waals surface area contributed by atoms with Gasteiger partial charge in [0.1, 0.15) is 23.5 Å². The predicted octanol–water partition coefficient (Wildman–Crippen LogP) is 3.17. The standard InChI is InChI=1S/C19H19BrFN5O2/c1-3-25-10-12-15(5-4-13(21)18(12)20)28-11(2)8-23-19(27)14-9-22-16-6-7-17(25)24-26(14)16/h4-7,9,11H,3,8,10H2,1-2H3,(H,23,27)/t11-/m1/s1. The number of imidazole rings is 1. The lowest BCUT2D eigenvalue weighted by atomic mass is 10.1. The van der Waals surface area contributed by atoms with Crippen molar-refractivity contribution in [1.29, 1.82) is 0 Å². The fraction of sp³-hybridized carbons (Fsp3) is 0.316. The van der Waals surface area contributed by atoms with Crippen LogP contribution in [0.1, 0.15) is 29.9 Å². The monoisotopic (exact) mass is 447 g/mol. The fourth-order valence-corrected chi connectivity index (χ4v) is 3.60. The second kappa shape index (κ2) is 7.38. The topological polar surface area (TPSA) is 71.8 Å². The molecule has 1 amide bonds. The summed E-state index contributed by atoms with van der Waals surface area (Å²) in [6, 6.07) is 6.63. The quantitative estimate of drug-likeness (QED) is 0.620. The zero-order valence-corrected chi connectivity index (χ0v) is 17.0. The minimum absolute atomic E-state index is 0.282. The molecule has 3 heterocycles. The number of benzene rings is 1. The molecule has 0 radical (unpaired) electrons. The normalized spacial score (nSPS) is 17.4. The van der Waals surface area contributed by atoms with E-state index in [1.54, 1.807) is 6.07 Å². The Morgan fingerprint density at radius 1 is 1.36 bits per heavy atom. The maximum Gasteiger partial charge on any atom is 0.271 e. The molecule has 1 atom stereocenters. The van der Waals surface area contributed by atoms with E-state index in [4.69, 9.17) is 4.74 Å². The number of carbonyl (C=O) groups is 1. The number of amides is 1. The van der Waals surface area contributed by atoms with E-state index in [2.05, 4.69) is 31.3 Å². The molecule has 1 aromatic carbocycles. The van der Waals surface area contributed by atoms with Crippen LogP contribution in [0.4, 0.5) is 10.2 Å².